The van der Waals surface area contributed by atoms with Gasteiger partial charge in [-0.15, -0.1) is 0 Å². The highest BCUT2D eigenvalue weighted by molar-refractivity contribution is 9.10. The molecule has 2 rings (SSSR count). The van der Waals surface area contributed by atoms with Gasteiger partial charge in [-0.1, -0.05) is 22.9 Å². The summed E-state index contributed by atoms with van der Waals surface area (Å²) in [5, 5.41) is 5.60. The predicted molar refractivity (Wildman–Crippen MR) is 92.2 cm³/mol. The third-order valence-corrected chi connectivity index (χ3v) is 4.06. The Balaban J connectivity index is 2.06. The number of hydrogen-bond donors (Lipinski definition) is 2. The highest BCUT2D eigenvalue weighted by Crippen LogP contribution is 2.20. The lowest BCUT2D eigenvalue weighted by Crippen LogP contribution is -2.13. The van der Waals surface area contributed by atoms with Gasteiger partial charge in [-0.2, -0.15) is 0 Å². The maximum absolute atomic E-state index is 12.2. The van der Waals surface area contributed by atoms with Crippen LogP contribution < -0.4 is 10.6 Å². The van der Waals surface area contributed by atoms with Gasteiger partial charge in [-0.25, -0.2) is 0 Å². The zero-order chi connectivity index (χ0) is 16.1. The lowest BCUT2D eigenvalue weighted by Gasteiger charge is -2.08. The number of hydrogen-bond acceptors (Lipinski definition) is 2. The molecule has 0 aliphatic rings. The highest BCUT2D eigenvalue weighted by Gasteiger charge is 2.07. The van der Waals surface area contributed by atoms with Crippen molar-refractivity contribution in [1.29, 1.82) is 0 Å². The van der Waals surface area contributed by atoms with E-state index in [9.17, 15) is 9.59 Å². The highest BCUT2D eigenvalue weighted by atomic mass is 79.9. The van der Waals surface area contributed by atoms with Crippen molar-refractivity contribution in [3.05, 3.63) is 58.1 Å². The van der Waals surface area contributed by atoms with Crippen molar-refractivity contribution in [1.82, 2.24) is 0 Å². The van der Waals surface area contributed by atoms with Crippen LogP contribution in [0.4, 0.5) is 11.4 Å². The zero-order valence-corrected chi connectivity index (χ0v) is 14.0. The van der Waals surface area contributed by atoms with Crippen LogP contribution >= 0.6 is 15.9 Å². The van der Waals surface area contributed by atoms with Gasteiger partial charge in [-0.3, -0.25) is 9.59 Å². The van der Waals surface area contributed by atoms with Crippen LogP contribution in [0.25, 0.3) is 0 Å². The fourth-order valence-corrected chi connectivity index (χ4v) is 2.13. The van der Waals surface area contributed by atoms with E-state index in [1.54, 1.807) is 31.2 Å². The first-order valence-corrected chi connectivity index (χ1v) is 7.76. The van der Waals surface area contributed by atoms with E-state index in [2.05, 4.69) is 26.6 Å². The molecule has 4 nitrogen and oxygen atoms in total. The Morgan fingerprint density at radius 1 is 1.00 bits per heavy atom. The lowest BCUT2D eigenvalue weighted by atomic mass is 10.1. The Labute approximate surface area is 138 Å². The number of benzene rings is 2. The third kappa shape index (κ3) is 4.18. The maximum atomic E-state index is 12.2. The standard InChI is InChI=1S/C17H17BrN2O2/c1-3-16(21)19-13-6-4-12(5-7-13)17(22)20-14-8-9-15(18)11(2)10-14/h4-10H,3H2,1-2H3,(H,19,21)(H,20,22). The largest absolute Gasteiger partial charge is 0.326 e. The van der Waals surface area contributed by atoms with Crippen molar-refractivity contribution < 1.29 is 9.59 Å². The molecule has 0 saturated carbocycles. The van der Waals surface area contributed by atoms with E-state index >= 15 is 0 Å². The van der Waals surface area contributed by atoms with Crippen LogP contribution in [0, 0.1) is 6.92 Å². The molecule has 0 aliphatic carbocycles. The zero-order valence-electron chi connectivity index (χ0n) is 12.4. The number of carbonyl (C=O) groups excluding carboxylic acids is 2. The molecule has 2 N–H and O–H groups in total. The van der Waals surface area contributed by atoms with Gasteiger partial charge < -0.3 is 10.6 Å². The van der Waals surface area contributed by atoms with Crippen LogP contribution in [0.15, 0.2) is 46.9 Å². The molecule has 0 fully saturated rings. The summed E-state index contributed by atoms with van der Waals surface area (Å²) in [6, 6.07) is 12.4. The summed E-state index contributed by atoms with van der Waals surface area (Å²) in [5.74, 6) is -0.238. The average Bonchev–Trinajstić information content (AvgIpc) is 2.51. The Morgan fingerprint density at radius 3 is 2.23 bits per heavy atom. The lowest BCUT2D eigenvalue weighted by molar-refractivity contribution is -0.115. The quantitative estimate of drug-likeness (QED) is 0.850. The number of amides is 2. The van der Waals surface area contributed by atoms with Crippen molar-refractivity contribution in [2.75, 3.05) is 10.6 Å². The van der Waals surface area contributed by atoms with Gasteiger partial charge in [0, 0.05) is 27.8 Å². The molecule has 2 aromatic carbocycles. The number of carbonyl (C=O) groups is 2. The minimum Gasteiger partial charge on any atom is -0.326 e. The third-order valence-electron chi connectivity index (χ3n) is 3.17. The van der Waals surface area contributed by atoms with Crippen LogP contribution in [0.1, 0.15) is 29.3 Å². The van der Waals surface area contributed by atoms with E-state index in [0.29, 0.717) is 17.7 Å². The molecule has 0 unspecified atom stereocenters. The van der Waals surface area contributed by atoms with Crippen molar-refractivity contribution in [3.8, 4) is 0 Å². The van der Waals surface area contributed by atoms with E-state index in [4.69, 9.17) is 0 Å². The molecule has 0 atom stereocenters. The number of anilines is 2. The van der Waals surface area contributed by atoms with Crippen LogP contribution in [-0.2, 0) is 4.79 Å². The number of nitrogens with one attached hydrogen (secondary N) is 2. The summed E-state index contributed by atoms with van der Waals surface area (Å²) in [7, 11) is 0. The van der Waals surface area contributed by atoms with Gasteiger partial charge in [0.1, 0.15) is 0 Å². The monoisotopic (exact) mass is 360 g/mol. The minimum atomic E-state index is -0.185. The van der Waals surface area contributed by atoms with E-state index in [1.807, 2.05) is 25.1 Å². The number of halogens is 1. The Kier molecular flexibility index (Phi) is 5.33. The molecule has 5 heteroatoms. The van der Waals surface area contributed by atoms with Gasteiger partial charge in [-0.05, 0) is 55.0 Å². The fraction of sp³-hybridized carbons (Fsp3) is 0.176. The predicted octanol–water partition coefficient (Wildman–Crippen LogP) is 4.36. The van der Waals surface area contributed by atoms with Crippen molar-refractivity contribution >= 4 is 39.1 Å². The molecule has 0 aromatic heterocycles. The van der Waals surface area contributed by atoms with E-state index < -0.39 is 0 Å². The summed E-state index contributed by atoms with van der Waals surface area (Å²) in [6.45, 7) is 3.75. The molecular formula is C17H17BrN2O2. The Morgan fingerprint density at radius 2 is 1.64 bits per heavy atom. The maximum Gasteiger partial charge on any atom is 0.255 e. The first-order chi connectivity index (χ1) is 10.5. The molecule has 22 heavy (non-hydrogen) atoms. The molecular weight excluding hydrogens is 344 g/mol. The normalized spacial score (nSPS) is 10.1. The summed E-state index contributed by atoms with van der Waals surface area (Å²) in [6.07, 6.45) is 0.422. The molecule has 0 bridgehead atoms. The van der Waals surface area contributed by atoms with Crippen molar-refractivity contribution in [3.63, 3.8) is 0 Å². The fourth-order valence-electron chi connectivity index (χ4n) is 1.88. The van der Waals surface area contributed by atoms with Crippen molar-refractivity contribution in [2.24, 2.45) is 0 Å². The minimum absolute atomic E-state index is 0.0532. The van der Waals surface area contributed by atoms with E-state index in [1.165, 1.54) is 0 Å². The molecule has 0 heterocycles. The second-order valence-electron chi connectivity index (χ2n) is 4.90. The number of rotatable bonds is 4. The molecule has 2 aromatic rings. The molecule has 0 aliphatic heterocycles. The van der Waals surface area contributed by atoms with Gasteiger partial charge >= 0.3 is 0 Å². The summed E-state index contributed by atoms with van der Waals surface area (Å²) in [5.41, 5.74) is 3.02. The topological polar surface area (TPSA) is 58.2 Å². The summed E-state index contributed by atoms with van der Waals surface area (Å²) < 4.78 is 1.00. The van der Waals surface area contributed by atoms with Gasteiger partial charge in [0.2, 0.25) is 5.91 Å². The van der Waals surface area contributed by atoms with Gasteiger partial charge in [0.15, 0.2) is 0 Å². The first-order valence-electron chi connectivity index (χ1n) is 6.97. The van der Waals surface area contributed by atoms with E-state index in [-0.39, 0.29) is 11.8 Å². The summed E-state index contributed by atoms with van der Waals surface area (Å²) >= 11 is 3.43. The summed E-state index contributed by atoms with van der Waals surface area (Å²) in [4.78, 5) is 23.5. The Bertz CT molecular complexity index is 696. The van der Waals surface area contributed by atoms with Crippen LogP contribution in [0.2, 0.25) is 0 Å². The first kappa shape index (κ1) is 16.2. The number of aryl methyl sites for hydroxylation is 1. The van der Waals surface area contributed by atoms with Gasteiger partial charge in [0.25, 0.3) is 5.91 Å². The van der Waals surface area contributed by atoms with Crippen LogP contribution in [0.5, 0.6) is 0 Å². The molecule has 0 saturated heterocycles. The smallest absolute Gasteiger partial charge is 0.255 e. The van der Waals surface area contributed by atoms with Crippen LogP contribution in [-0.4, -0.2) is 11.8 Å². The van der Waals surface area contributed by atoms with E-state index in [0.717, 1.165) is 15.7 Å². The molecule has 114 valence electrons. The molecule has 2 amide bonds. The second-order valence-corrected chi connectivity index (χ2v) is 5.75. The average molecular weight is 361 g/mol. The van der Waals surface area contributed by atoms with Crippen molar-refractivity contribution in [2.45, 2.75) is 20.3 Å². The van der Waals surface area contributed by atoms with Crippen LogP contribution in [0.3, 0.4) is 0 Å². The SMILES string of the molecule is CCC(=O)Nc1ccc(C(=O)Nc2ccc(Br)c(C)c2)cc1. The molecule has 0 radical (unpaired) electrons. The Hall–Kier alpha value is -2.14. The molecule has 0 spiro atoms. The second kappa shape index (κ2) is 7.22. The van der Waals surface area contributed by atoms with Gasteiger partial charge in [0.05, 0.1) is 0 Å².